The lowest BCUT2D eigenvalue weighted by molar-refractivity contribution is -0.117. The summed E-state index contributed by atoms with van der Waals surface area (Å²) in [6.07, 6.45) is 4.66. The van der Waals surface area contributed by atoms with E-state index in [9.17, 15) is 22.0 Å². The molecule has 0 spiro atoms. The topological polar surface area (TPSA) is 76.1 Å². The van der Waals surface area contributed by atoms with Crippen LogP contribution in [-0.2, 0) is 14.6 Å². The Balaban J connectivity index is 1.75. The van der Waals surface area contributed by atoms with Crippen molar-refractivity contribution in [3.05, 3.63) is 53.9 Å². The molecule has 1 amide bonds. The summed E-state index contributed by atoms with van der Waals surface area (Å²) < 4.78 is 50.4. The van der Waals surface area contributed by atoms with Gasteiger partial charge in [0, 0.05) is 30.3 Å². The SMILES string of the molecule is CS(=O)(=O)c1c(F)cc(NC(=O)C2CC2c2cccnc2)cc1F. The van der Waals surface area contributed by atoms with Crippen LogP contribution in [0.15, 0.2) is 41.6 Å². The van der Waals surface area contributed by atoms with Gasteiger partial charge in [0.15, 0.2) is 9.84 Å². The summed E-state index contributed by atoms with van der Waals surface area (Å²) in [7, 11) is -4.03. The van der Waals surface area contributed by atoms with Gasteiger partial charge in [0.05, 0.1) is 0 Å². The van der Waals surface area contributed by atoms with E-state index < -0.39 is 26.4 Å². The lowest BCUT2D eigenvalue weighted by atomic mass is 10.1. The summed E-state index contributed by atoms with van der Waals surface area (Å²) in [5.74, 6) is -3.09. The van der Waals surface area contributed by atoms with E-state index in [1.165, 1.54) is 0 Å². The fraction of sp³-hybridized carbons (Fsp3) is 0.250. The molecule has 1 aromatic heterocycles. The number of nitrogens with zero attached hydrogens (tertiary/aromatic N) is 1. The Hall–Kier alpha value is -2.35. The Bertz CT molecular complexity index is 878. The van der Waals surface area contributed by atoms with Crippen LogP contribution in [-0.4, -0.2) is 25.6 Å². The standard InChI is InChI=1S/C16H14F2N2O3S/c1-24(22,23)15-13(17)5-10(6-14(15)18)20-16(21)12-7-11(12)9-3-2-4-19-8-9/h2-6,8,11-12H,7H2,1H3,(H,20,21). The van der Waals surface area contributed by atoms with Crippen LogP contribution < -0.4 is 5.32 Å². The van der Waals surface area contributed by atoms with E-state index in [1.54, 1.807) is 18.5 Å². The number of sulfone groups is 1. The van der Waals surface area contributed by atoms with Crippen LogP contribution >= 0.6 is 0 Å². The quantitative estimate of drug-likeness (QED) is 0.917. The summed E-state index contributed by atoms with van der Waals surface area (Å²) in [5, 5.41) is 2.43. The number of anilines is 1. The number of aromatic nitrogens is 1. The van der Waals surface area contributed by atoms with Crippen molar-refractivity contribution < 1.29 is 22.0 Å². The fourth-order valence-electron chi connectivity index (χ4n) is 2.67. The molecule has 0 aliphatic heterocycles. The van der Waals surface area contributed by atoms with Crippen LogP contribution in [0.25, 0.3) is 0 Å². The zero-order valence-corrected chi connectivity index (χ0v) is 13.5. The van der Waals surface area contributed by atoms with Crippen molar-refractivity contribution in [2.24, 2.45) is 5.92 Å². The monoisotopic (exact) mass is 352 g/mol. The predicted molar refractivity (Wildman–Crippen MR) is 83.2 cm³/mol. The summed E-state index contributed by atoms with van der Waals surface area (Å²) in [6, 6.07) is 5.25. The minimum absolute atomic E-state index is 0.0312. The van der Waals surface area contributed by atoms with Gasteiger partial charge in [-0.25, -0.2) is 17.2 Å². The average molecular weight is 352 g/mol. The van der Waals surface area contributed by atoms with Gasteiger partial charge < -0.3 is 5.32 Å². The van der Waals surface area contributed by atoms with Crippen molar-refractivity contribution in [1.82, 2.24) is 4.98 Å². The zero-order valence-electron chi connectivity index (χ0n) is 12.7. The smallest absolute Gasteiger partial charge is 0.228 e. The fourth-order valence-corrected chi connectivity index (χ4v) is 3.50. The third-order valence-corrected chi connectivity index (χ3v) is 5.01. The molecule has 0 saturated heterocycles. The zero-order chi connectivity index (χ0) is 17.5. The molecule has 126 valence electrons. The Morgan fingerprint density at radius 2 is 1.96 bits per heavy atom. The summed E-state index contributed by atoms with van der Waals surface area (Å²) in [5.41, 5.74) is 0.821. The molecule has 0 radical (unpaired) electrons. The maximum atomic E-state index is 13.8. The highest BCUT2D eigenvalue weighted by Crippen LogP contribution is 2.47. The van der Waals surface area contributed by atoms with Crippen LogP contribution in [0.2, 0.25) is 0 Å². The molecule has 8 heteroatoms. The molecule has 1 fully saturated rings. The van der Waals surface area contributed by atoms with Crippen LogP contribution in [0.1, 0.15) is 17.9 Å². The number of pyridine rings is 1. The summed E-state index contributed by atoms with van der Waals surface area (Å²) in [6.45, 7) is 0. The molecule has 3 rings (SSSR count). The first-order valence-electron chi connectivity index (χ1n) is 7.17. The van der Waals surface area contributed by atoms with Crippen molar-refractivity contribution in [3.8, 4) is 0 Å². The van der Waals surface area contributed by atoms with E-state index >= 15 is 0 Å². The van der Waals surface area contributed by atoms with E-state index in [0.29, 0.717) is 6.42 Å². The molecule has 1 heterocycles. The molecule has 5 nitrogen and oxygen atoms in total. The summed E-state index contributed by atoms with van der Waals surface area (Å²) in [4.78, 5) is 15.2. The second-order valence-electron chi connectivity index (χ2n) is 5.77. The minimum atomic E-state index is -4.03. The summed E-state index contributed by atoms with van der Waals surface area (Å²) >= 11 is 0. The highest BCUT2D eigenvalue weighted by molar-refractivity contribution is 7.90. The molecule has 1 aromatic carbocycles. The van der Waals surface area contributed by atoms with Gasteiger partial charge in [-0.05, 0) is 36.1 Å². The van der Waals surface area contributed by atoms with Gasteiger partial charge in [-0.1, -0.05) is 6.07 Å². The molecule has 1 aliphatic carbocycles. The maximum absolute atomic E-state index is 13.8. The van der Waals surface area contributed by atoms with Crippen LogP contribution in [0.4, 0.5) is 14.5 Å². The Kier molecular flexibility index (Phi) is 4.08. The van der Waals surface area contributed by atoms with E-state index in [0.717, 1.165) is 24.0 Å². The van der Waals surface area contributed by atoms with Gasteiger partial charge in [0.1, 0.15) is 16.5 Å². The van der Waals surface area contributed by atoms with Crippen molar-refractivity contribution in [1.29, 1.82) is 0 Å². The maximum Gasteiger partial charge on any atom is 0.228 e. The molecule has 1 aliphatic rings. The Morgan fingerprint density at radius 3 is 2.50 bits per heavy atom. The number of hydrogen-bond donors (Lipinski definition) is 1. The van der Waals surface area contributed by atoms with Gasteiger partial charge in [0.25, 0.3) is 0 Å². The minimum Gasteiger partial charge on any atom is -0.326 e. The van der Waals surface area contributed by atoms with E-state index in [4.69, 9.17) is 0 Å². The van der Waals surface area contributed by atoms with Crippen LogP contribution in [0.3, 0.4) is 0 Å². The molecule has 2 aromatic rings. The highest BCUT2D eigenvalue weighted by Gasteiger charge is 2.44. The lowest BCUT2D eigenvalue weighted by Crippen LogP contribution is -2.15. The van der Waals surface area contributed by atoms with Gasteiger partial charge in [0.2, 0.25) is 5.91 Å². The molecular weight excluding hydrogens is 338 g/mol. The first-order chi connectivity index (χ1) is 11.3. The second-order valence-corrected chi connectivity index (χ2v) is 7.72. The largest absolute Gasteiger partial charge is 0.326 e. The first-order valence-corrected chi connectivity index (χ1v) is 9.06. The van der Waals surface area contributed by atoms with Gasteiger partial charge in [-0.15, -0.1) is 0 Å². The molecule has 0 bridgehead atoms. The second kappa shape index (κ2) is 5.94. The molecule has 24 heavy (non-hydrogen) atoms. The first kappa shape index (κ1) is 16.5. The number of rotatable bonds is 4. The molecule has 2 atom stereocenters. The van der Waals surface area contributed by atoms with Crippen LogP contribution in [0.5, 0.6) is 0 Å². The predicted octanol–water partition coefficient (Wildman–Crippen LogP) is 2.51. The number of benzene rings is 1. The average Bonchev–Trinajstić information content (AvgIpc) is 3.26. The van der Waals surface area contributed by atoms with Crippen molar-refractivity contribution in [2.75, 3.05) is 11.6 Å². The van der Waals surface area contributed by atoms with E-state index in [2.05, 4.69) is 10.3 Å². The molecule has 1 saturated carbocycles. The van der Waals surface area contributed by atoms with E-state index in [-0.39, 0.29) is 23.4 Å². The van der Waals surface area contributed by atoms with Gasteiger partial charge in [-0.3, -0.25) is 9.78 Å². The highest BCUT2D eigenvalue weighted by atomic mass is 32.2. The Morgan fingerprint density at radius 1 is 1.29 bits per heavy atom. The van der Waals surface area contributed by atoms with Crippen molar-refractivity contribution in [3.63, 3.8) is 0 Å². The normalized spacial score (nSPS) is 19.8. The Labute approximate surface area is 137 Å². The number of halogens is 2. The van der Waals surface area contributed by atoms with Crippen LogP contribution in [0, 0.1) is 17.6 Å². The number of nitrogens with one attached hydrogen (secondary N) is 1. The van der Waals surface area contributed by atoms with Gasteiger partial charge in [-0.2, -0.15) is 0 Å². The lowest BCUT2D eigenvalue weighted by Gasteiger charge is -2.08. The number of amides is 1. The number of hydrogen-bond acceptors (Lipinski definition) is 4. The molecular formula is C16H14F2N2O3S. The van der Waals surface area contributed by atoms with Crippen molar-refractivity contribution in [2.45, 2.75) is 17.2 Å². The van der Waals surface area contributed by atoms with E-state index in [1.807, 2.05) is 6.07 Å². The third kappa shape index (κ3) is 3.28. The van der Waals surface area contributed by atoms with Crippen molar-refractivity contribution >= 4 is 21.4 Å². The third-order valence-electron chi connectivity index (χ3n) is 3.88. The van der Waals surface area contributed by atoms with Gasteiger partial charge >= 0.3 is 0 Å². The molecule has 1 N–H and O–H groups in total. The number of carbonyl (C=O) groups is 1. The number of carbonyl (C=O) groups excluding carboxylic acids is 1. The molecule has 2 unspecified atom stereocenters.